The van der Waals surface area contributed by atoms with Gasteiger partial charge < -0.3 is 10.8 Å². The number of anilines is 1. The summed E-state index contributed by atoms with van der Waals surface area (Å²) in [7, 11) is 0. The molecule has 2 nitrogen and oxygen atoms in total. The van der Waals surface area contributed by atoms with Crippen LogP contribution in [-0.2, 0) is 0 Å². The van der Waals surface area contributed by atoms with Gasteiger partial charge in [-0.05, 0) is 24.2 Å². The first kappa shape index (κ1) is 2.40. The van der Waals surface area contributed by atoms with E-state index in [2.05, 4.69) is 0 Å². The van der Waals surface area contributed by atoms with E-state index in [1.165, 1.54) is 18.2 Å². The molecule has 1 rings (SSSR count). The molecule has 0 fully saturated rings. The maximum absolute atomic E-state index is 8.86. The smallest absolute Gasteiger partial charge is 0.156 e. The first-order chi connectivity index (χ1) is 5.11. The number of nitrogens with two attached hydrogens (primary N) is 1. The lowest BCUT2D eigenvalue weighted by molar-refractivity contribution is 0.475. The summed E-state index contributed by atoms with van der Waals surface area (Å²) in [6.07, 6.45) is 0. The van der Waals surface area contributed by atoms with Crippen LogP contribution >= 0.6 is 0 Å². The highest BCUT2D eigenvalue weighted by molar-refractivity contribution is 5.40. The van der Waals surface area contributed by atoms with Gasteiger partial charge >= 0.3 is 0 Å². The molecule has 0 amide bonds. The molecule has 0 saturated heterocycles. The Balaban J connectivity index is 3.09. The maximum Gasteiger partial charge on any atom is 0.156 e. The van der Waals surface area contributed by atoms with Crippen LogP contribution in [0.4, 0.5) is 5.69 Å². The molecule has 1 aromatic carbocycles. The van der Waals surface area contributed by atoms with Crippen molar-refractivity contribution in [2.24, 2.45) is 0 Å². The van der Waals surface area contributed by atoms with E-state index >= 15 is 0 Å². The van der Waals surface area contributed by atoms with Crippen molar-refractivity contribution in [1.82, 2.24) is 0 Å². The summed E-state index contributed by atoms with van der Waals surface area (Å²) in [5, 5.41) is 8.86. The van der Waals surface area contributed by atoms with Crippen LogP contribution in [0.1, 0.15) is 1.37 Å². The van der Waals surface area contributed by atoms with E-state index in [-0.39, 0.29) is 17.5 Å². The molecule has 0 aliphatic carbocycles. The molecule has 2 heteroatoms. The van der Waals surface area contributed by atoms with Crippen LogP contribution in [0.15, 0.2) is 24.2 Å². The highest BCUT2D eigenvalue weighted by Crippen LogP contribution is 2.09. The molecule has 42 valence electrons. The Morgan fingerprint density at radius 2 is 2.50 bits per heavy atom. The molecular weight excluding hydrogens is 102 g/mol. The van der Waals surface area contributed by atoms with Crippen LogP contribution in [0.5, 0.6) is 5.75 Å². The number of aromatic hydroxyl groups is 1. The summed E-state index contributed by atoms with van der Waals surface area (Å²) in [5.41, 5.74) is 0.477. The van der Waals surface area contributed by atoms with Gasteiger partial charge in [-0.3, -0.25) is 0 Å². The van der Waals surface area contributed by atoms with E-state index in [4.69, 9.17) is 9.30 Å². The predicted molar refractivity (Wildman–Crippen MR) is 32.5 cm³/mol. The molecule has 0 saturated carbocycles. The van der Waals surface area contributed by atoms with Crippen molar-refractivity contribution in [3.63, 3.8) is 0 Å². The van der Waals surface area contributed by atoms with E-state index in [1.54, 1.807) is 0 Å². The quantitative estimate of drug-likeness (QED) is 0.420. The fourth-order valence-electron chi connectivity index (χ4n) is 0.408. The lowest BCUT2D eigenvalue weighted by Gasteiger charge is -1.89. The normalized spacial score (nSPS) is 13.8. The van der Waals surface area contributed by atoms with Crippen molar-refractivity contribution in [2.45, 2.75) is 0 Å². The molecule has 0 aliphatic heterocycles. The fraction of sp³-hybridized carbons (Fsp3) is 0. The van der Waals surface area contributed by atoms with Gasteiger partial charge in [0.1, 0.15) is 5.75 Å². The van der Waals surface area contributed by atoms with Crippen molar-refractivity contribution >= 4 is 5.69 Å². The second-order valence-corrected chi connectivity index (χ2v) is 1.43. The minimum absolute atomic E-state index is 0.0272. The topological polar surface area (TPSA) is 46.2 Å². The monoisotopic (exact) mass is 112 g/mol. The minimum atomic E-state index is -0.0324. The lowest BCUT2D eigenvalue weighted by atomic mass is 10.3. The molecule has 0 bridgehead atoms. The van der Waals surface area contributed by atoms with E-state index in [1.807, 2.05) is 0 Å². The standard InChI is InChI=1S/C6H7NO/c7-5-1-3-6(8)4-2-5/h1-4,8H,7H2/i1D/hD2. The Kier molecular flexibility index (Phi) is 0.520. The highest BCUT2D eigenvalue weighted by atomic mass is 16.3. The predicted octanol–water partition coefficient (Wildman–Crippen LogP) is 0.974. The van der Waals surface area contributed by atoms with Crippen molar-refractivity contribution in [3.05, 3.63) is 24.2 Å². The Morgan fingerprint density at radius 1 is 1.62 bits per heavy atom. The molecule has 8 heavy (non-hydrogen) atoms. The van der Waals surface area contributed by atoms with Gasteiger partial charge in [-0.1, -0.05) is 0 Å². The molecular formula is C6H7NO. The molecule has 1 aromatic rings. The van der Waals surface area contributed by atoms with Gasteiger partial charge in [-0.25, -0.2) is 0 Å². The second kappa shape index (κ2) is 1.74. The Labute approximate surface area is 51.9 Å². The summed E-state index contributed by atoms with van der Waals surface area (Å²) in [4.78, 5) is 0. The third kappa shape index (κ3) is 0.904. The van der Waals surface area contributed by atoms with Gasteiger partial charge in [0.2, 0.25) is 0 Å². The third-order valence-corrected chi connectivity index (χ3v) is 0.780. The van der Waals surface area contributed by atoms with E-state index in [0.29, 0.717) is 5.72 Å². The number of phenols is 1. The number of hydrogen-bond acceptors (Lipinski definition) is 2. The van der Waals surface area contributed by atoms with E-state index in [0.717, 1.165) is 0 Å². The lowest BCUT2D eigenvalue weighted by Crippen LogP contribution is -1.80. The van der Waals surface area contributed by atoms with E-state index in [9.17, 15) is 0 Å². The summed E-state index contributed by atoms with van der Waals surface area (Å²) in [6, 6.07) is 3.84. The van der Waals surface area contributed by atoms with Crippen LogP contribution in [0.2, 0.25) is 2.82 Å². The SMILES string of the molecule is [2H]c1cc(O)ccc1N([2H])[2H]. The first-order valence-electron chi connectivity index (χ1n) is 3.58. The fourth-order valence-corrected chi connectivity index (χ4v) is 0.408. The van der Waals surface area contributed by atoms with Crippen molar-refractivity contribution in [3.8, 4) is 5.75 Å². The molecule has 0 unspecified atom stereocenters. The molecule has 0 aromatic heterocycles. The number of hydrogen-bond donors (Lipinski definition) is 2. The van der Waals surface area contributed by atoms with Gasteiger partial charge in [0.25, 0.3) is 0 Å². The summed E-state index contributed by atoms with van der Waals surface area (Å²) < 4.78 is 20.9. The number of benzene rings is 1. The van der Waals surface area contributed by atoms with Gasteiger partial charge in [0.05, 0.1) is 1.37 Å². The van der Waals surface area contributed by atoms with Gasteiger partial charge in [0.15, 0.2) is 2.82 Å². The summed E-state index contributed by atoms with van der Waals surface area (Å²) >= 11 is 0. The molecule has 0 aliphatic rings. The van der Waals surface area contributed by atoms with Gasteiger partial charge in [-0.15, -0.1) is 0 Å². The Morgan fingerprint density at radius 3 is 3.12 bits per heavy atom. The van der Waals surface area contributed by atoms with E-state index < -0.39 is 0 Å². The zero-order valence-corrected chi connectivity index (χ0v) is 4.13. The zero-order valence-electron chi connectivity index (χ0n) is 7.13. The van der Waals surface area contributed by atoms with Crippen molar-refractivity contribution in [1.29, 1.82) is 0 Å². The van der Waals surface area contributed by atoms with Crippen LogP contribution in [0, 0.1) is 0 Å². The maximum atomic E-state index is 8.86. The third-order valence-electron chi connectivity index (χ3n) is 0.780. The Bertz CT molecular complexity index is 264. The van der Waals surface area contributed by atoms with Crippen LogP contribution in [0.3, 0.4) is 0 Å². The van der Waals surface area contributed by atoms with Crippen LogP contribution in [0.25, 0.3) is 0 Å². The van der Waals surface area contributed by atoms with Crippen LogP contribution < -0.4 is 5.72 Å². The molecule has 0 heterocycles. The summed E-state index contributed by atoms with van der Waals surface area (Å²) in [6.45, 7) is 0. The molecule has 0 radical (unpaired) electrons. The average Bonchev–Trinajstić information content (AvgIpc) is 1.85. The van der Waals surface area contributed by atoms with Crippen LogP contribution in [-0.4, -0.2) is 5.11 Å². The Hall–Kier alpha value is -1.18. The summed E-state index contributed by atoms with van der Waals surface area (Å²) in [5.74, 6) is -0.0272. The molecule has 3 N–H and O–H groups in total. The average molecular weight is 112 g/mol. The number of nitrogen functional groups attached to an aromatic ring is 1. The first-order valence-corrected chi connectivity index (χ1v) is 2.19. The number of rotatable bonds is 1. The molecule has 0 spiro atoms. The molecule has 0 atom stereocenters. The van der Waals surface area contributed by atoms with Gasteiger partial charge in [-0.2, -0.15) is 0 Å². The number of phenolic OH excluding ortho intramolecular Hbond substituents is 1. The van der Waals surface area contributed by atoms with Gasteiger partial charge in [0, 0.05) is 5.69 Å². The van der Waals surface area contributed by atoms with Crippen molar-refractivity contribution in [2.75, 3.05) is 5.72 Å². The largest absolute Gasteiger partial charge is 0.508 e. The van der Waals surface area contributed by atoms with Crippen molar-refractivity contribution < 1.29 is 9.30 Å². The highest BCUT2D eigenvalue weighted by Gasteiger charge is 1.82. The zero-order chi connectivity index (χ0) is 8.43. The second-order valence-electron chi connectivity index (χ2n) is 1.43. The minimum Gasteiger partial charge on any atom is -0.508 e.